The minimum absolute atomic E-state index is 0.0699. The van der Waals surface area contributed by atoms with E-state index >= 15 is 0 Å². The number of aromatic nitrogens is 5. The van der Waals surface area contributed by atoms with Crippen molar-refractivity contribution in [3.8, 4) is 5.82 Å². The van der Waals surface area contributed by atoms with Gasteiger partial charge in [0.05, 0.1) is 6.20 Å². The molecule has 0 atom stereocenters. The largest absolute Gasteiger partial charge is 0.308 e. The summed E-state index contributed by atoms with van der Waals surface area (Å²) in [6.45, 7) is 8.09. The van der Waals surface area contributed by atoms with E-state index in [2.05, 4.69) is 52.4 Å². The highest BCUT2D eigenvalue weighted by atomic mass is 15.3. The summed E-state index contributed by atoms with van der Waals surface area (Å²) in [5.41, 5.74) is 3.60. The molecule has 0 saturated heterocycles. The Labute approximate surface area is 136 Å². The monoisotopic (exact) mass is 310 g/mol. The molecule has 0 aliphatic carbocycles. The van der Waals surface area contributed by atoms with Crippen LogP contribution in [0.25, 0.3) is 5.82 Å². The second-order valence-electron chi connectivity index (χ2n) is 6.60. The molecular weight excluding hydrogens is 288 g/mol. The maximum atomic E-state index is 4.44. The first-order valence-corrected chi connectivity index (χ1v) is 7.72. The number of H-pyrrole nitrogens is 1. The number of hydrogen-bond acceptors (Lipinski definition) is 4. The van der Waals surface area contributed by atoms with Crippen LogP contribution in [0.2, 0.25) is 0 Å². The molecule has 0 spiro atoms. The SMILES string of the molecule is CC(C)(C)c1[nH]ncc1CNCc1ccc(-n2cccn2)nc1. The maximum absolute atomic E-state index is 4.44. The topological polar surface area (TPSA) is 71.4 Å². The van der Waals surface area contributed by atoms with Crippen molar-refractivity contribution >= 4 is 0 Å². The number of nitrogens with zero attached hydrogens (tertiary/aromatic N) is 4. The van der Waals surface area contributed by atoms with Gasteiger partial charge in [-0.25, -0.2) is 9.67 Å². The van der Waals surface area contributed by atoms with E-state index < -0.39 is 0 Å². The first kappa shape index (κ1) is 15.4. The standard InChI is InChI=1S/C17H22N6/c1-17(2,3)16-14(12-20-22-16)11-18-9-13-5-6-15(19-10-13)23-8-4-7-21-23/h4-8,10,12,18H,9,11H2,1-3H3,(H,20,22). The molecule has 120 valence electrons. The normalized spacial score (nSPS) is 11.8. The number of aromatic amines is 1. The predicted molar refractivity (Wildman–Crippen MR) is 89.2 cm³/mol. The summed E-state index contributed by atoms with van der Waals surface area (Å²) in [5.74, 6) is 0.823. The lowest BCUT2D eigenvalue weighted by atomic mass is 9.89. The number of pyridine rings is 1. The van der Waals surface area contributed by atoms with Crippen LogP contribution < -0.4 is 5.32 Å². The van der Waals surface area contributed by atoms with Crippen molar-refractivity contribution in [1.82, 2.24) is 30.3 Å². The highest BCUT2D eigenvalue weighted by Gasteiger charge is 2.19. The van der Waals surface area contributed by atoms with Crippen LogP contribution in [0, 0.1) is 0 Å². The summed E-state index contributed by atoms with van der Waals surface area (Å²) in [5, 5.41) is 14.9. The molecular formula is C17H22N6. The highest BCUT2D eigenvalue weighted by Crippen LogP contribution is 2.23. The minimum atomic E-state index is 0.0699. The van der Waals surface area contributed by atoms with Crippen LogP contribution >= 0.6 is 0 Å². The summed E-state index contributed by atoms with van der Waals surface area (Å²) in [6, 6.07) is 5.92. The summed E-state index contributed by atoms with van der Waals surface area (Å²) in [4.78, 5) is 4.44. The molecule has 3 heterocycles. The van der Waals surface area contributed by atoms with Crippen molar-refractivity contribution in [2.24, 2.45) is 0 Å². The van der Waals surface area contributed by atoms with Gasteiger partial charge in [-0.3, -0.25) is 5.10 Å². The Morgan fingerprint density at radius 2 is 2.04 bits per heavy atom. The Morgan fingerprint density at radius 1 is 1.17 bits per heavy atom. The van der Waals surface area contributed by atoms with Crippen molar-refractivity contribution in [3.63, 3.8) is 0 Å². The van der Waals surface area contributed by atoms with Gasteiger partial charge in [0.1, 0.15) is 0 Å². The van der Waals surface area contributed by atoms with Gasteiger partial charge < -0.3 is 5.32 Å². The Morgan fingerprint density at radius 3 is 2.70 bits per heavy atom. The third-order valence-electron chi connectivity index (χ3n) is 3.66. The van der Waals surface area contributed by atoms with E-state index in [1.54, 1.807) is 10.9 Å². The van der Waals surface area contributed by atoms with Crippen molar-refractivity contribution in [1.29, 1.82) is 0 Å². The second kappa shape index (κ2) is 6.34. The summed E-state index contributed by atoms with van der Waals surface area (Å²) >= 11 is 0. The molecule has 0 amide bonds. The van der Waals surface area contributed by atoms with Gasteiger partial charge in [-0.1, -0.05) is 26.8 Å². The van der Waals surface area contributed by atoms with Gasteiger partial charge in [-0.05, 0) is 17.7 Å². The first-order chi connectivity index (χ1) is 11.0. The van der Waals surface area contributed by atoms with Crippen molar-refractivity contribution in [3.05, 3.63) is 59.8 Å². The molecule has 23 heavy (non-hydrogen) atoms. The molecule has 0 aromatic carbocycles. The molecule has 3 aromatic heterocycles. The van der Waals surface area contributed by atoms with E-state index in [1.807, 2.05) is 30.7 Å². The third kappa shape index (κ3) is 3.65. The van der Waals surface area contributed by atoms with Crippen LogP contribution in [0.15, 0.2) is 43.0 Å². The predicted octanol–water partition coefficient (Wildman–Crippen LogP) is 2.58. The fraction of sp³-hybridized carbons (Fsp3) is 0.353. The summed E-state index contributed by atoms with van der Waals surface area (Å²) in [6.07, 6.45) is 7.40. The number of rotatable bonds is 5. The Bertz CT molecular complexity index is 734. The molecule has 0 saturated carbocycles. The highest BCUT2D eigenvalue weighted by molar-refractivity contribution is 5.25. The fourth-order valence-electron chi connectivity index (χ4n) is 2.50. The molecule has 3 rings (SSSR count). The summed E-state index contributed by atoms with van der Waals surface area (Å²) < 4.78 is 1.75. The average Bonchev–Trinajstić information content (AvgIpc) is 3.19. The van der Waals surface area contributed by atoms with Crippen LogP contribution in [-0.2, 0) is 18.5 Å². The van der Waals surface area contributed by atoms with Gasteiger partial charge in [0.15, 0.2) is 5.82 Å². The van der Waals surface area contributed by atoms with E-state index in [0.29, 0.717) is 0 Å². The van der Waals surface area contributed by atoms with Crippen LogP contribution in [0.4, 0.5) is 0 Å². The smallest absolute Gasteiger partial charge is 0.153 e. The molecule has 6 heteroatoms. The number of nitrogens with one attached hydrogen (secondary N) is 2. The van der Waals surface area contributed by atoms with Crippen molar-refractivity contribution in [2.75, 3.05) is 0 Å². The lowest BCUT2D eigenvalue weighted by Gasteiger charge is -2.18. The van der Waals surface area contributed by atoms with Crippen LogP contribution in [0.5, 0.6) is 0 Å². The Kier molecular flexibility index (Phi) is 4.25. The van der Waals surface area contributed by atoms with Crippen LogP contribution in [0.1, 0.15) is 37.6 Å². The zero-order valence-corrected chi connectivity index (χ0v) is 13.7. The van der Waals surface area contributed by atoms with Gasteiger partial charge in [0.2, 0.25) is 0 Å². The van der Waals surface area contributed by atoms with Gasteiger partial charge in [-0.2, -0.15) is 10.2 Å². The quantitative estimate of drug-likeness (QED) is 0.760. The molecule has 0 radical (unpaired) electrons. The van der Waals surface area contributed by atoms with E-state index in [0.717, 1.165) is 24.5 Å². The maximum Gasteiger partial charge on any atom is 0.153 e. The van der Waals surface area contributed by atoms with E-state index in [-0.39, 0.29) is 5.41 Å². The first-order valence-electron chi connectivity index (χ1n) is 7.72. The van der Waals surface area contributed by atoms with Crippen molar-refractivity contribution in [2.45, 2.75) is 39.3 Å². The van der Waals surface area contributed by atoms with Gasteiger partial charge >= 0.3 is 0 Å². The van der Waals surface area contributed by atoms with E-state index in [4.69, 9.17) is 0 Å². The van der Waals surface area contributed by atoms with Crippen LogP contribution in [-0.4, -0.2) is 25.0 Å². The zero-order valence-electron chi connectivity index (χ0n) is 13.7. The zero-order chi connectivity index (χ0) is 16.3. The van der Waals surface area contributed by atoms with Gasteiger partial charge in [0.25, 0.3) is 0 Å². The van der Waals surface area contributed by atoms with Crippen LogP contribution in [0.3, 0.4) is 0 Å². The average molecular weight is 310 g/mol. The molecule has 0 bridgehead atoms. The van der Waals surface area contributed by atoms with E-state index in [9.17, 15) is 0 Å². The lowest BCUT2D eigenvalue weighted by Crippen LogP contribution is -2.19. The third-order valence-corrected chi connectivity index (χ3v) is 3.66. The summed E-state index contributed by atoms with van der Waals surface area (Å²) in [7, 11) is 0. The second-order valence-corrected chi connectivity index (χ2v) is 6.60. The number of hydrogen-bond donors (Lipinski definition) is 2. The molecule has 6 nitrogen and oxygen atoms in total. The Hall–Kier alpha value is -2.47. The molecule has 0 aliphatic heterocycles. The molecule has 2 N–H and O–H groups in total. The molecule has 0 unspecified atom stereocenters. The fourth-order valence-corrected chi connectivity index (χ4v) is 2.50. The van der Waals surface area contributed by atoms with E-state index in [1.165, 1.54) is 11.3 Å². The molecule has 3 aromatic rings. The van der Waals surface area contributed by atoms with Gasteiger partial charge in [-0.15, -0.1) is 0 Å². The Balaban J connectivity index is 1.58. The van der Waals surface area contributed by atoms with Gasteiger partial charge in [0, 0.05) is 48.4 Å². The minimum Gasteiger partial charge on any atom is -0.308 e. The molecule has 0 aliphatic rings. The molecule has 0 fully saturated rings. The van der Waals surface area contributed by atoms with Crippen molar-refractivity contribution < 1.29 is 0 Å². The lowest BCUT2D eigenvalue weighted by molar-refractivity contribution is 0.553.